The van der Waals surface area contributed by atoms with Gasteiger partial charge in [0.1, 0.15) is 5.65 Å². The van der Waals surface area contributed by atoms with Gasteiger partial charge in [-0.05, 0) is 55.7 Å². The molecule has 3 aromatic rings. The number of imidazole rings is 1. The van der Waals surface area contributed by atoms with E-state index in [1.807, 2.05) is 67.9 Å². The second kappa shape index (κ2) is 5.64. The number of aryl methyl sites for hydroxylation is 3. The Morgan fingerprint density at radius 3 is 2.68 bits per heavy atom. The quantitative estimate of drug-likeness (QED) is 0.806. The van der Waals surface area contributed by atoms with Crippen LogP contribution >= 0.6 is 0 Å². The van der Waals surface area contributed by atoms with E-state index in [0.717, 1.165) is 22.5 Å². The average Bonchev–Trinajstić information content (AvgIpc) is 2.92. The number of rotatable bonds is 3. The van der Waals surface area contributed by atoms with Crippen molar-refractivity contribution in [3.63, 3.8) is 0 Å². The molecule has 0 aliphatic heterocycles. The van der Waals surface area contributed by atoms with Gasteiger partial charge in [0.2, 0.25) is 0 Å². The smallest absolute Gasteiger partial charge is 0.251 e. The molecule has 1 amide bonds. The number of hydrogen-bond donors (Lipinski definition) is 1. The molecule has 4 heteroatoms. The highest BCUT2D eigenvalue weighted by molar-refractivity contribution is 5.94. The number of carbonyl (C=O) groups is 1. The van der Waals surface area contributed by atoms with Crippen molar-refractivity contribution in [3.8, 4) is 0 Å². The second-order valence-corrected chi connectivity index (χ2v) is 5.64. The van der Waals surface area contributed by atoms with Crippen LogP contribution < -0.4 is 5.32 Å². The van der Waals surface area contributed by atoms with Gasteiger partial charge < -0.3 is 9.72 Å². The van der Waals surface area contributed by atoms with Gasteiger partial charge in [-0.1, -0.05) is 12.1 Å². The maximum atomic E-state index is 12.2. The van der Waals surface area contributed by atoms with Crippen molar-refractivity contribution in [2.75, 3.05) is 0 Å². The highest BCUT2D eigenvalue weighted by Gasteiger charge is 2.08. The van der Waals surface area contributed by atoms with Gasteiger partial charge in [-0.15, -0.1) is 0 Å². The number of fused-ring (bicyclic) bond motifs is 1. The topological polar surface area (TPSA) is 46.4 Å². The lowest BCUT2D eigenvalue weighted by molar-refractivity contribution is 0.0950. The molecule has 0 spiro atoms. The molecule has 0 saturated heterocycles. The number of carbonyl (C=O) groups excluding carboxylic acids is 1. The third-order valence-corrected chi connectivity index (χ3v) is 3.93. The SMILES string of the molecule is Cc1ccc(C(=O)NCc2cn3cccc(C)c3n2)cc1C. The van der Waals surface area contributed by atoms with Crippen molar-refractivity contribution in [3.05, 3.63) is 70.7 Å². The molecular formula is C18H19N3O. The summed E-state index contributed by atoms with van der Waals surface area (Å²) >= 11 is 0. The number of nitrogens with one attached hydrogen (secondary N) is 1. The van der Waals surface area contributed by atoms with Crippen LogP contribution in [0.5, 0.6) is 0 Å². The van der Waals surface area contributed by atoms with Crippen LogP contribution in [0.15, 0.2) is 42.7 Å². The van der Waals surface area contributed by atoms with Crippen LogP contribution in [-0.2, 0) is 6.54 Å². The molecule has 3 rings (SSSR count). The zero-order valence-corrected chi connectivity index (χ0v) is 13.1. The number of pyridine rings is 1. The first-order valence-corrected chi connectivity index (χ1v) is 7.33. The monoisotopic (exact) mass is 293 g/mol. The lowest BCUT2D eigenvalue weighted by atomic mass is 10.1. The molecule has 0 saturated carbocycles. The molecular weight excluding hydrogens is 274 g/mol. The number of nitrogens with zero attached hydrogens (tertiary/aromatic N) is 2. The molecule has 0 aliphatic rings. The molecule has 4 nitrogen and oxygen atoms in total. The van der Waals surface area contributed by atoms with Crippen molar-refractivity contribution in [1.29, 1.82) is 0 Å². The van der Waals surface area contributed by atoms with Gasteiger partial charge >= 0.3 is 0 Å². The fraction of sp³-hybridized carbons (Fsp3) is 0.222. The van der Waals surface area contributed by atoms with Gasteiger partial charge in [0, 0.05) is 18.0 Å². The molecule has 1 aromatic carbocycles. The molecule has 0 unspecified atom stereocenters. The minimum Gasteiger partial charge on any atom is -0.346 e. The van der Waals surface area contributed by atoms with E-state index in [1.54, 1.807) is 0 Å². The van der Waals surface area contributed by atoms with Crippen LogP contribution in [0.25, 0.3) is 5.65 Å². The van der Waals surface area contributed by atoms with Crippen LogP contribution in [0.4, 0.5) is 0 Å². The molecule has 0 radical (unpaired) electrons. The maximum absolute atomic E-state index is 12.2. The summed E-state index contributed by atoms with van der Waals surface area (Å²) in [6.07, 6.45) is 3.91. The normalized spacial score (nSPS) is 10.9. The van der Waals surface area contributed by atoms with E-state index in [0.29, 0.717) is 12.1 Å². The van der Waals surface area contributed by atoms with Crippen LogP contribution in [0.1, 0.15) is 32.7 Å². The van der Waals surface area contributed by atoms with E-state index in [2.05, 4.69) is 10.3 Å². The summed E-state index contributed by atoms with van der Waals surface area (Å²) in [6.45, 7) is 6.50. The second-order valence-electron chi connectivity index (χ2n) is 5.64. The van der Waals surface area contributed by atoms with Gasteiger partial charge in [-0.2, -0.15) is 0 Å². The van der Waals surface area contributed by atoms with E-state index in [1.165, 1.54) is 5.56 Å². The molecule has 1 N–H and O–H groups in total. The summed E-state index contributed by atoms with van der Waals surface area (Å²) in [5.41, 5.74) is 5.89. The lowest BCUT2D eigenvalue weighted by Crippen LogP contribution is -2.23. The molecule has 22 heavy (non-hydrogen) atoms. The average molecular weight is 293 g/mol. The molecule has 0 aliphatic carbocycles. The summed E-state index contributed by atoms with van der Waals surface area (Å²) in [4.78, 5) is 16.8. The van der Waals surface area contributed by atoms with Gasteiger partial charge in [0.15, 0.2) is 0 Å². The summed E-state index contributed by atoms with van der Waals surface area (Å²) in [7, 11) is 0. The largest absolute Gasteiger partial charge is 0.346 e. The molecule has 0 bridgehead atoms. The van der Waals surface area contributed by atoms with Gasteiger partial charge in [-0.25, -0.2) is 4.98 Å². The van der Waals surface area contributed by atoms with E-state index in [4.69, 9.17) is 0 Å². The number of benzene rings is 1. The maximum Gasteiger partial charge on any atom is 0.251 e. The Bertz CT molecular complexity index is 849. The fourth-order valence-corrected chi connectivity index (χ4v) is 2.45. The van der Waals surface area contributed by atoms with Gasteiger partial charge in [0.25, 0.3) is 5.91 Å². The van der Waals surface area contributed by atoms with Gasteiger partial charge in [0.05, 0.1) is 12.2 Å². The van der Waals surface area contributed by atoms with E-state index in [9.17, 15) is 4.79 Å². The van der Waals surface area contributed by atoms with Crippen molar-refractivity contribution in [2.24, 2.45) is 0 Å². The summed E-state index contributed by atoms with van der Waals surface area (Å²) in [6, 6.07) is 9.75. The Labute approximate surface area is 129 Å². The van der Waals surface area contributed by atoms with Crippen molar-refractivity contribution in [2.45, 2.75) is 27.3 Å². The number of amides is 1. The lowest BCUT2D eigenvalue weighted by Gasteiger charge is -2.06. The minimum atomic E-state index is -0.0723. The first kappa shape index (κ1) is 14.3. The first-order valence-electron chi connectivity index (χ1n) is 7.33. The summed E-state index contributed by atoms with van der Waals surface area (Å²) in [5, 5.41) is 2.93. The molecule has 2 heterocycles. The Balaban J connectivity index is 1.74. The van der Waals surface area contributed by atoms with Crippen LogP contribution in [0, 0.1) is 20.8 Å². The van der Waals surface area contributed by atoms with Crippen LogP contribution in [0.3, 0.4) is 0 Å². The zero-order valence-electron chi connectivity index (χ0n) is 13.1. The highest BCUT2D eigenvalue weighted by atomic mass is 16.1. The van der Waals surface area contributed by atoms with Crippen LogP contribution in [-0.4, -0.2) is 15.3 Å². The van der Waals surface area contributed by atoms with Gasteiger partial charge in [-0.3, -0.25) is 4.79 Å². The standard InChI is InChI=1S/C18H19N3O/c1-12-6-7-15(9-14(12)3)18(22)19-10-16-11-21-8-4-5-13(2)17(21)20-16/h4-9,11H,10H2,1-3H3,(H,19,22). The Hall–Kier alpha value is -2.62. The molecule has 0 fully saturated rings. The molecule has 2 aromatic heterocycles. The molecule has 0 atom stereocenters. The number of hydrogen-bond acceptors (Lipinski definition) is 2. The van der Waals surface area contributed by atoms with Crippen molar-refractivity contribution in [1.82, 2.24) is 14.7 Å². The number of aromatic nitrogens is 2. The Morgan fingerprint density at radius 2 is 1.95 bits per heavy atom. The minimum absolute atomic E-state index is 0.0723. The van der Waals surface area contributed by atoms with E-state index < -0.39 is 0 Å². The summed E-state index contributed by atoms with van der Waals surface area (Å²) in [5.74, 6) is -0.0723. The highest BCUT2D eigenvalue weighted by Crippen LogP contribution is 2.11. The first-order chi connectivity index (χ1) is 10.5. The van der Waals surface area contributed by atoms with E-state index in [-0.39, 0.29) is 5.91 Å². The Kier molecular flexibility index (Phi) is 3.67. The third-order valence-electron chi connectivity index (χ3n) is 3.93. The Morgan fingerprint density at radius 1 is 1.14 bits per heavy atom. The molecule has 112 valence electrons. The summed E-state index contributed by atoms with van der Waals surface area (Å²) < 4.78 is 1.98. The van der Waals surface area contributed by atoms with E-state index >= 15 is 0 Å². The van der Waals surface area contributed by atoms with Crippen molar-refractivity contribution < 1.29 is 4.79 Å². The zero-order chi connectivity index (χ0) is 15.7. The predicted molar refractivity (Wildman–Crippen MR) is 87.0 cm³/mol. The third kappa shape index (κ3) is 2.72. The predicted octanol–water partition coefficient (Wildman–Crippen LogP) is 3.19. The van der Waals surface area contributed by atoms with Crippen LogP contribution in [0.2, 0.25) is 0 Å². The van der Waals surface area contributed by atoms with Crippen molar-refractivity contribution >= 4 is 11.6 Å². The fourth-order valence-electron chi connectivity index (χ4n) is 2.45.